The van der Waals surface area contributed by atoms with Gasteiger partial charge in [0.1, 0.15) is 6.07 Å². The predicted octanol–water partition coefficient (Wildman–Crippen LogP) is 1.83. The molecule has 1 fully saturated rings. The molecular formula is C10H9NO. The van der Waals surface area contributed by atoms with Crippen molar-refractivity contribution in [1.82, 2.24) is 0 Å². The molecule has 2 heteroatoms. The summed E-state index contributed by atoms with van der Waals surface area (Å²) >= 11 is 0. The molecule has 1 aliphatic heterocycles. The second-order valence-electron chi connectivity index (χ2n) is 2.90. The van der Waals surface area contributed by atoms with Crippen LogP contribution in [0.5, 0.6) is 0 Å². The van der Waals surface area contributed by atoms with Gasteiger partial charge in [0.2, 0.25) is 0 Å². The van der Waals surface area contributed by atoms with Gasteiger partial charge >= 0.3 is 0 Å². The maximum Gasteiger partial charge on any atom is 0.181 e. The monoisotopic (exact) mass is 159 g/mol. The lowest BCUT2D eigenvalue weighted by Gasteiger charge is -2.35. The average molecular weight is 159 g/mol. The molecule has 1 aliphatic rings. The van der Waals surface area contributed by atoms with Gasteiger partial charge in [0.05, 0.1) is 6.61 Å². The third-order valence-electron chi connectivity index (χ3n) is 2.22. The predicted molar refractivity (Wildman–Crippen MR) is 44.3 cm³/mol. The summed E-state index contributed by atoms with van der Waals surface area (Å²) in [5.74, 6) is 0. The van der Waals surface area contributed by atoms with E-state index in [9.17, 15) is 0 Å². The van der Waals surface area contributed by atoms with Crippen molar-refractivity contribution >= 4 is 0 Å². The maximum atomic E-state index is 8.91. The fraction of sp³-hybridized carbons (Fsp3) is 0.300. The summed E-state index contributed by atoms with van der Waals surface area (Å²) in [4.78, 5) is 0. The van der Waals surface area contributed by atoms with Crippen LogP contribution < -0.4 is 0 Å². The highest BCUT2D eigenvalue weighted by Gasteiger charge is 2.40. The highest BCUT2D eigenvalue weighted by Crippen LogP contribution is 2.36. The normalized spacial score (nSPS) is 27.2. The molecule has 0 bridgehead atoms. The van der Waals surface area contributed by atoms with Crippen LogP contribution in [-0.2, 0) is 10.3 Å². The van der Waals surface area contributed by atoms with Gasteiger partial charge in [-0.1, -0.05) is 30.3 Å². The Kier molecular flexibility index (Phi) is 1.60. The Bertz CT molecular complexity index is 308. The van der Waals surface area contributed by atoms with E-state index in [1.807, 2.05) is 30.3 Å². The molecule has 2 rings (SSSR count). The molecule has 1 saturated heterocycles. The first-order valence-electron chi connectivity index (χ1n) is 3.98. The van der Waals surface area contributed by atoms with Gasteiger partial charge in [-0.15, -0.1) is 0 Å². The summed E-state index contributed by atoms with van der Waals surface area (Å²) in [5.41, 5.74) is 0.333. The molecule has 0 aliphatic carbocycles. The lowest BCUT2D eigenvalue weighted by molar-refractivity contribution is -0.112. The Balaban J connectivity index is 2.36. The van der Waals surface area contributed by atoms with Gasteiger partial charge in [-0.25, -0.2) is 0 Å². The van der Waals surface area contributed by atoms with Crippen LogP contribution >= 0.6 is 0 Å². The minimum atomic E-state index is -0.638. The molecule has 1 aromatic carbocycles. The molecule has 1 unspecified atom stereocenters. The Morgan fingerprint density at radius 3 is 2.42 bits per heavy atom. The zero-order valence-electron chi connectivity index (χ0n) is 6.66. The number of ether oxygens (including phenoxy) is 1. The van der Waals surface area contributed by atoms with Crippen LogP contribution in [-0.4, -0.2) is 6.61 Å². The van der Waals surface area contributed by atoms with Crippen LogP contribution in [0.4, 0.5) is 0 Å². The van der Waals surface area contributed by atoms with Crippen molar-refractivity contribution < 1.29 is 4.74 Å². The fourth-order valence-electron chi connectivity index (χ4n) is 1.39. The standard InChI is InChI=1S/C10H9NO/c11-8-10(6-7-12-10)9-4-2-1-3-5-9/h1-5H,6-7H2. The van der Waals surface area contributed by atoms with E-state index in [0.29, 0.717) is 6.61 Å². The van der Waals surface area contributed by atoms with E-state index in [4.69, 9.17) is 10.00 Å². The Morgan fingerprint density at radius 2 is 2.00 bits per heavy atom. The van der Waals surface area contributed by atoms with E-state index in [-0.39, 0.29) is 0 Å². The number of hydrogen-bond acceptors (Lipinski definition) is 2. The van der Waals surface area contributed by atoms with Gasteiger partial charge in [-0.05, 0) is 5.56 Å². The van der Waals surface area contributed by atoms with Crippen molar-refractivity contribution in [2.75, 3.05) is 6.61 Å². The van der Waals surface area contributed by atoms with Gasteiger partial charge in [0.25, 0.3) is 0 Å². The number of benzene rings is 1. The number of nitrogens with zero attached hydrogens (tertiary/aromatic N) is 1. The molecule has 0 aromatic heterocycles. The topological polar surface area (TPSA) is 33.0 Å². The summed E-state index contributed by atoms with van der Waals surface area (Å²) in [6.07, 6.45) is 0.813. The number of nitriles is 1. The number of rotatable bonds is 1. The summed E-state index contributed by atoms with van der Waals surface area (Å²) in [6, 6.07) is 11.9. The first-order valence-corrected chi connectivity index (χ1v) is 3.98. The summed E-state index contributed by atoms with van der Waals surface area (Å²) in [6.45, 7) is 0.697. The Morgan fingerprint density at radius 1 is 1.33 bits per heavy atom. The fourth-order valence-corrected chi connectivity index (χ4v) is 1.39. The molecule has 0 spiro atoms. The summed E-state index contributed by atoms with van der Waals surface area (Å²) in [7, 11) is 0. The Hall–Kier alpha value is -1.33. The molecule has 2 nitrogen and oxygen atoms in total. The summed E-state index contributed by atoms with van der Waals surface area (Å²) in [5, 5.41) is 8.91. The lowest BCUT2D eigenvalue weighted by Crippen LogP contribution is -2.39. The molecule has 0 amide bonds. The molecule has 0 N–H and O–H groups in total. The quantitative estimate of drug-likeness (QED) is 0.626. The van der Waals surface area contributed by atoms with E-state index in [0.717, 1.165) is 12.0 Å². The van der Waals surface area contributed by atoms with E-state index >= 15 is 0 Å². The van der Waals surface area contributed by atoms with Crippen LogP contribution in [0, 0.1) is 11.3 Å². The van der Waals surface area contributed by atoms with Crippen LogP contribution in [0.15, 0.2) is 30.3 Å². The zero-order chi connectivity index (χ0) is 8.44. The number of hydrogen-bond donors (Lipinski definition) is 0. The van der Waals surface area contributed by atoms with E-state index in [2.05, 4.69) is 6.07 Å². The van der Waals surface area contributed by atoms with Crippen LogP contribution in [0.2, 0.25) is 0 Å². The smallest absolute Gasteiger partial charge is 0.181 e. The van der Waals surface area contributed by atoms with E-state index < -0.39 is 5.60 Å². The van der Waals surface area contributed by atoms with Crippen molar-refractivity contribution in [3.05, 3.63) is 35.9 Å². The first kappa shape index (κ1) is 7.33. The van der Waals surface area contributed by atoms with E-state index in [1.165, 1.54) is 0 Å². The second-order valence-corrected chi connectivity index (χ2v) is 2.90. The van der Waals surface area contributed by atoms with Gasteiger partial charge in [0.15, 0.2) is 5.60 Å². The molecule has 60 valence electrons. The van der Waals surface area contributed by atoms with Gasteiger partial charge < -0.3 is 4.74 Å². The third kappa shape index (κ3) is 0.910. The highest BCUT2D eigenvalue weighted by molar-refractivity contribution is 5.30. The van der Waals surface area contributed by atoms with Crippen LogP contribution in [0.1, 0.15) is 12.0 Å². The molecular weight excluding hydrogens is 150 g/mol. The zero-order valence-corrected chi connectivity index (χ0v) is 6.66. The van der Waals surface area contributed by atoms with Gasteiger partial charge in [-0.3, -0.25) is 0 Å². The molecule has 1 aromatic rings. The van der Waals surface area contributed by atoms with Crippen molar-refractivity contribution in [2.45, 2.75) is 12.0 Å². The van der Waals surface area contributed by atoms with Gasteiger partial charge in [0, 0.05) is 6.42 Å². The average Bonchev–Trinajstić information content (AvgIpc) is 2.05. The lowest BCUT2D eigenvalue weighted by atomic mass is 9.88. The van der Waals surface area contributed by atoms with Crippen molar-refractivity contribution in [3.63, 3.8) is 0 Å². The largest absolute Gasteiger partial charge is 0.356 e. The van der Waals surface area contributed by atoms with Crippen LogP contribution in [0.25, 0.3) is 0 Å². The molecule has 12 heavy (non-hydrogen) atoms. The van der Waals surface area contributed by atoms with Crippen molar-refractivity contribution in [3.8, 4) is 6.07 Å². The molecule has 1 atom stereocenters. The molecule has 0 radical (unpaired) electrons. The van der Waals surface area contributed by atoms with E-state index in [1.54, 1.807) is 0 Å². The summed E-state index contributed by atoms with van der Waals surface area (Å²) < 4.78 is 5.29. The minimum Gasteiger partial charge on any atom is -0.356 e. The first-order chi connectivity index (χ1) is 5.87. The van der Waals surface area contributed by atoms with Crippen molar-refractivity contribution in [2.24, 2.45) is 0 Å². The highest BCUT2D eigenvalue weighted by atomic mass is 16.5. The minimum absolute atomic E-state index is 0.638. The second kappa shape index (κ2) is 2.62. The Labute approximate surface area is 71.4 Å². The molecule has 0 saturated carbocycles. The SMILES string of the molecule is N#CC1(c2ccccc2)CCO1. The molecule has 1 heterocycles. The third-order valence-corrected chi connectivity index (χ3v) is 2.22. The van der Waals surface area contributed by atoms with Crippen LogP contribution in [0.3, 0.4) is 0 Å². The van der Waals surface area contributed by atoms with Gasteiger partial charge in [-0.2, -0.15) is 5.26 Å². The van der Waals surface area contributed by atoms with Crippen molar-refractivity contribution in [1.29, 1.82) is 5.26 Å². The maximum absolute atomic E-state index is 8.91.